The summed E-state index contributed by atoms with van der Waals surface area (Å²) in [7, 11) is 1.68. The minimum Gasteiger partial charge on any atom is -0.496 e. The monoisotopic (exact) mass is 223 g/mol. The van der Waals surface area contributed by atoms with E-state index in [1.165, 1.54) is 11.1 Å². The van der Waals surface area contributed by atoms with Gasteiger partial charge < -0.3 is 9.94 Å². The Balaban J connectivity index is 3.31. The molecular weight excluding hydrogens is 202 g/mol. The maximum absolute atomic E-state index is 8.90. The summed E-state index contributed by atoms with van der Waals surface area (Å²) in [5.74, 6) is 1.32. The van der Waals surface area contributed by atoms with Crippen LogP contribution in [0, 0.1) is 0 Å². The van der Waals surface area contributed by atoms with Gasteiger partial charge in [-0.15, -0.1) is 0 Å². The van der Waals surface area contributed by atoms with E-state index in [0.29, 0.717) is 12.5 Å². The minimum atomic E-state index is 0.420. The Labute approximate surface area is 97.4 Å². The molecule has 0 fully saturated rings. The highest BCUT2D eigenvalue weighted by Gasteiger charge is 2.14. The Bertz CT molecular complexity index is 348. The van der Waals surface area contributed by atoms with Crippen LogP contribution in [-0.2, 0) is 13.0 Å². The highest BCUT2D eigenvalue weighted by atomic mass is 16.5. The van der Waals surface area contributed by atoms with E-state index in [0.717, 1.165) is 17.7 Å². The normalized spacial score (nSPS) is 10.9. The van der Waals surface area contributed by atoms with Gasteiger partial charge in [0, 0.05) is 12.1 Å². The van der Waals surface area contributed by atoms with Crippen LogP contribution in [0.5, 0.6) is 5.75 Å². The van der Waals surface area contributed by atoms with Crippen molar-refractivity contribution in [1.82, 2.24) is 5.48 Å². The highest BCUT2D eigenvalue weighted by Crippen LogP contribution is 2.31. The van der Waals surface area contributed by atoms with Crippen LogP contribution in [0.15, 0.2) is 12.1 Å². The summed E-state index contributed by atoms with van der Waals surface area (Å²) in [6.07, 6.45) is 0.931. The number of benzene rings is 1. The van der Waals surface area contributed by atoms with Gasteiger partial charge in [-0.1, -0.05) is 32.9 Å². The molecule has 0 aliphatic carbocycles. The van der Waals surface area contributed by atoms with E-state index in [4.69, 9.17) is 9.94 Å². The van der Waals surface area contributed by atoms with E-state index in [9.17, 15) is 0 Å². The van der Waals surface area contributed by atoms with Crippen molar-refractivity contribution < 1.29 is 9.94 Å². The molecule has 1 aromatic rings. The summed E-state index contributed by atoms with van der Waals surface area (Å²) >= 11 is 0. The average molecular weight is 223 g/mol. The van der Waals surface area contributed by atoms with E-state index in [2.05, 4.69) is 38.4 Å². The summed E-state index contributed by atoms with van der Waals surface area (Å²) < 4.78 is 5.46. The summed E-state index contributed by atoms with van der Waals surface area (Å²) in [4.78, 5) is 0. The van der Waals surface area contributed by atoms with Crippen LogP contribution in [-0.4, -0.2) is 12.3 Å². The zero-order valence-corrected chi connectivity index (χ0v) is 10.5. The van der Waals surface area contributed by atoms with Crippen molar-refractivity contribution in [3.05, 3.63) is 28.8 Å². The predicted octanol–water partition coefficient (Wildman–Crippen LogP) is 2.86. The smallest absolute Gasteiger partial charge is 0.126 e. The molecule has 0 aromatic heterocycles. The van der Waals surface area contributed by atoms with Gasteiger partial charge >= 0.3 is 0 Å². The quantitative estimate of drug-likeness (QED) is 0.754. The number of nitrogens with one attached hydrogen (secondary N) is 1. The molecule has 1 aromatic carbocycles. The number of ether oxygens (including phenoxy) is 1. The lowest BCUT2D eigenvalue weighted by Gasteiger charge is -2.18. The second-order valence-electron chi connectivity index (χ2n) is 4.17. The van der Waals surface area contributed by atoms with Crippen molar-refractivity contribution in [1.29, 1.82) is 0 Å². The van der Waals surface area contributed by atoms with E-state index in [-0.39, 0.29) is 0 Å². The van der Waals surface area contributed by atoms with Gasteiger partial charge in [0.05, 0.1) is 7.11 Å². The Hall–Kier alpha value is -1.06. The molecule has 0 saturated heterocycles. The van der Waals surface area contributed by atoms with Crippen LogP contribution < -0.4 is 10.2 Å². The van der Waals surface area contributed by atoms with Crippen molar-refractivity contribution in [2.45, 2.75) is 39.7 Å². The van der Waals surface area contributed by atoms with Crippen molar-refractivity contribution in [2.24, 2.45) is 0 Å². The number of rotatable bonds is 5. The van der Waals surface area contributed by atoms with E-state index in [1.807, 2.05) is 0 Å². The molecule has 90 valence electrons. The number of hydrogen-bond acceptors (Lipinski definition) is 3. The predicted molar refractivity (Wildman–Crippen MR) is 65.1 cm³/mol. The fraction of sp³-hybridized carbons (Fsp3) is 0.538. The molecule has 0 amide bonds. The van der Waals surface area contributed by atoms with Gasteiger partial charge in [-0.25, -0.2) is 5.48 Å². The minimum absolute atomic E-state index is 0.420. The van der Waals surface area contributed by atoms with Crippen LogP contribution in [0.3, 0.4) is 0 Å². The maximum Gasteiger partial charge on any atom is 0.126 e. The molecule has 0 saturated carbocycles. The van der Waals surface area contributed by atoms with Gasteiger partial charge in [0.25, 0.3) is 0 Å². The molecule has 2 N–H and O–H groups in total. The first kappa shape index (κ1) is 13.0. The van der Waals surface area contributed by atoms with Crippen LogP contribution in [0.4, 0.5) is 0 Å². The Morgan fingerprint density at radius 3 is 2.50 bits per heavy atom. The molecule has 0 spiro atoms. The van der Waals surface area contributed by atoms with Crippen molar-refractivity contribution in [2.75, 3.05) is 7.11 Å². The summed E-state index contributed by atoms with van der Waals surface area (Å²) in [6, 6.07) is 4.23. The van der Waals surface area contributed by atoms with E-state index < -0.39 is 0 Å². The fourth-order valence-electron chi connectivity index (χ4n) is 2.03. The van der Waals surface area contributed by atoms with Crippen molar-refractivity contribution >= 4 is 0 Å². The first-order valence-corrected chi connectivity index (χ1v) is 5.71. The van der Waals surface area contributed by atoms with Crippen LogP contribution in [0.1, 0.15) is 43.4 Å². The van der Waals surface area contributed by atoms with E-state index in [1.54, 1.807) is 7.11 Å². The van der Waals surface area contributed by atoms with Crippen molar-refractivity contribution in [3.63, 3.8) is 0 Å². The van der Waals surface area contributed by atoms with Gasteiger partial charge in [0.2, 0.25) is 0 Å². The molecule has 0 aliphatic rings. The first-order valence-electron chi connectivity index (χ1n) is 5.71. The van der Waals surface area contributed by atoms with Gasteiger partial charge in [-0.3, -0.25) is 0 Å². The average Bonchev–Trinajstić information content (AvgIpc) is 2.28. The zero-order valence-electron chi connectivity index (χ0n) is 10.5. The van der Waals surface area contributed by atoms with Crippen LogP contribution >= 0.6 is 0 Å². The van der Waals surface area contributed by atoms with Crippen molar-refractivity contribution in [3.8, 4) is 5.75 Å². The summed E-state index contributed by atoms with van der Waals surface area (Å²) in [5.41, 5.74) is 5.68. The third-order valence-electron chi connectivity index (χ3n) is 2.84. The van der Waals surface area contributed by atoms with Gasteiger partial charge in [-0.05, 0) is 23.5 Å². The maximum atomic E-state index is 8.90. The van der Waals surface area contributed by atoms with Crippen LogP contribution in [0.25, 0.3) is 0 Å². The molecule has 1 rings (SSSR count). The molecule has 0 atom stereocenters. The lowest BCUT2D eigenvalue weighted by Crippen LogP contribution is -2.12. The highest BCUT2D eigenvalue weighted by molar-refractivity contribution is 5.47. The molecule has 3 heteroatoms. The fourth-order valence-corrected chi connectivity index (χ4v) is 2.03. The lowest BCUT2D eigenvalue weighted by molar-refractivity contribution is 0.159. The molecule has 0 bridgehead atoms. The first-order chi connectivity index (χ1) is 7.65. The molecule has 16 heavy (non-hydrogen) atoms. The third kappa shape index (κ3) is 2.54. The molecule has 0 radical (unpaired) electrons. The lowest BCUT2D eigenvalue weighted by atomic mass is 9.93. The summed E-state index contributed by atoms with van der Waals surface area (Å²) in [6.45, 7) is 6.80. The SMILES string of the molecule is CCc1ccc(C(C)C)c(CNO)c1OC. The Morgan fingerprint density at radius 1 is 1.38 bits per heavy atom. The second kappa shape index (κ2) is 5.87. The molecule has 0 unspecified atom stereocenters. The van der Waals surface area contributed by atoms with Gasteiger partial charge in [0.1, 0.15) is 5.75 Å². The number of hydrogen-bond donors (Lipinski definition) is 2. The number of hydroxylamine groups is 1. The van der Waals surface area contributed by atoms with Gasteiger partial charge in [0.15, 0.2) is 0 Å². The summed E-state index contributed by atoms with van der Waals surface area (Å²) in [5, 5.41) is 8.90. The largest absolute Gasteiger partial charge is 0.496 e. The second-order valence-corrected chi connectivity index (χ2v) is 4.17. The van der Waals surface area contributed by atoms with Crippen LogP contribution in [0.2, 0.25) is 0 Å². The third-order valence-corrected chi connectivity index (χ3v) is 2.84. The van der Waals surface area contributed by atoms with E-state index >= 15 is 0 Å². The topological polar surface area (TPSA) is 41.5 Å². The molecular formula is C13H21NO2. The Morgan fingerprint density at radius 2 is 2.06 bits per heavy atom. The Kier molecular flexibility index (Phi) is 4.77. The number of aryl methyl sites for hydroxylation is 1. The molecule has 3 nitrogen and oxygen atoms in total. The van der Waals surface area contributed by atoms with Gasteiger partial charge in [-0.2, -0.15) is 0 Å². The molecule has 0 heterocycles. The standard InChI is InChI=1S/C13H21NO2/c1-5-10-6-7-11(9(2)3)12(8-14-15)13(10)16-4/h6-7,9,14-15H,5,8H2,1-4H3. The number of methoxy groups -OCH3 is 1. The molecule has 0 aliphatic heterocycles. The zero-order chi connectivity index (χ0) is 12.1.